The van der Waals surface area contributed by atoms with Crippen LogP contribution in [0.25, 0.3) is 0 Å². The molecule has 0 aliphatic carbocycles. The van der Waals surface area contributed by atoms with Gasteiger partial charge in [-0.15, -0.1) is 0 Å². The van der Waals surface area contributed by atoms with Gasteiger partial charge in [-0.2, -0.15) is 13.2 Å². The Morgan fingerprint density at radius 3 is 2.50 bits per heavy atom. The van der Waals surface area contributed by atoms with Crippen LogP contribution in [0.3, 0.4) is 0 Å². The monoisotopic (exact) mass is 241 g/mol. The van der Waals surface area contributed by atoms with Crippen molar-refractivity contribution in [3.05, 3.63) is 0 Å². The summed E-state index contributed by atoms with van der Waals surface area (Å²) in [4.78, 5) is 1.40. The van der Waals surface area contributed by atoms with Gasteiger partial charge in [-0.25, -0.2) is 0 Å². The molecule has 0 aromatic rings. The number of aliphatic hydroxyl groups is 1. The number of nitrogens with two attached hydrogens (primary N) is 1. The van der Waals surface area contributed by atoms with Gasteiger partial charge in [0.1, 0.15) is 5.41 Å². The lowest BCUT2D eigenvalue weighted by Crippen LogP contribution is -2.44. The number of likely N-dealkylation sites (tertiary alicyclic amines) is 1. The summed E-state index contributed by atoms with van der Waals surface area (Å²) in [6, 6.07) is 0. The normalized spacial score (nSPS) is 28.6. The highest BCUT2D eigenvalue weighted by atomic mass is 19.4. The number of hydrogen-bond donors (Lipinski definition) is 3. The van der Waals surface area contributed by atoms with Gasteiger partial charge >= 0.3 is 6.18 Å². The molecule has 16 heavy (non-hydrogen) atoms. The van der Waals surface area contributed by atoms with Crippen molar-refractivity contribution >= 4 is 5.84 Å². The fraction of sp³-hybridized carbons (Fsp3) is 0.875. The van der Waals surface area contributed by atoms with Crippen LogP contribution in [-0.2, 0) is 0 Å². The minimum atomic E-state index is -4.44. The smallest absolute Gasteiger partial charge is 0.397 e. The third kappa shape index (κ3) is 2.38. The Bertz CT molecular complexity index is 282. The molecule has 0 saturated carbocycles. The van der Waals surface area contributed by atoms with E-state index in [0.29, 0.717) is 0 Å². The second-order valence-corrected chi connectivity index (χ2v) is 3.99. The van der Waals surface area contributed by atoms with Gasteiger partial charge in [0.25, 0.3) is 0 Å². The van der Waals surface area contributed by atoms with E-state index in [1.165, 1.54) is 4.90 Å². The first-order valence-corrected chi connectivity index (χ1v) is 4.71. The lowest BCUT2D eigenvalue weighted by Gasteiger charge is -2.29. The molecule has 0 bridgehead atoms. The van der Waals surface area contributed by atoms with Crippen LogP contribution in [0.2, 0.25) is 0 Å². The maximum Gasteiger partial charge on any atom is 0.397 e. The highest BCUT2D eigenvalue weighted by molar-refractivity contribution is 5.81. The Hall–Kier alpha value is -1.02. The molecule has 0 aromatic heterocycles. The molecular weight excluding hydrogens is 227 g/mol. The van der Waals surface area contributed by atoms with Crippen LogP contribution in [-0.4, -0.2) is 53.5 Å². The Morgan fingerprint density at radius 1 is 1.50 bits per heavy atom. The van der Waals surface area contributed by atoms with E-state index in [9.17, 15) is 13.2 Å². The van der Waals surface area contributed by atoms with Crippen LogP contribution < -0.4 is 5.73 Å². The quantitative estimate of drug-likeness (QED) is 0.281. The Balaban J connectivity index is 2.69. The molecule has 1 saturated heterocycles. The number of alkyl halides is 3. The van der Waals surface area contributed by atoms with Gasteiger partial charge in [0.2, 0.25) is 0 Å². The zero-order valence-electron chi connectivity index (χ0n) is 8.54. The number of hydrogen-bond acceptors (Lipinski definition) is 4. The highest BCUT2D eigenvalue weighted by Gasteiger charge is 2.57. The average molecular weight is 241 g/mol. The van der Waals surface area contributed by atoms with E-state index in [4.69, 9.17) is 16.0 Å². The van der Waals surface area contributed by atoms with E-state index in [1.807, 2.05) is 0 Å². The van der Waals surface area contributed by atoms with E-state index >= 15 is 0 Å². The van der Waals surface area contributed by atoms with Crippen molar-refractivity contribution in [1.82, 2.24) is 4.90 Å². The van der Waals surface area contributed by atoms with Crippen LogP contribution in [0.1, 0.15) is 6.42 Å². The molecule has 94 valence electrons. The van der Waals surface area contributed by atoms with Crippen molar-refractivity contribution in [1.29, 1.82) is 0 Å². The number of aliphatic hydroxyl groups excluding tert-OH is 1. The number of nitrogens with zero attached hydrogens (tertiary/aromatic N) is 2. The number of oxime groups is 1. The number of rotatable bonds is 3. The topological polar surface area (TPSA) is 82.1 Å². The molecule has 1 rings (SSSR count). The van der Waals surface area contributed by atoms with Gasteiger partial charge in [0, 0.05) is 6.54 Å². The van der Waals surface area contributed by atoms with Gasteiger partial charge in [0.15, 0.2) is 5.84 Å². The molecule has 0 aromatic carbocycles. The molecule has 0 unspecified atom stereocenters. The molecule has 5 nitrogen and oxygen atoms in total. The van der Waals surface area contributed by atoms with Gasteiger partial charge in [0.05, 0.1) is 13.2 Å². The van der Waals surface area contributed by atoms with Crippen molar-refractivity contribution in [2.75, 3.05) is 26.2 Å². The lowest BCUT2D eigenvalue weighted by atomic mass is 9.87. The van der Waals surface area contributed by atoms with E-state index in [-0.39, 0.29) is 31.9 Å². The summed E-state index contributed by atoms with van der Waals surface area (Å²) in [5.41, 5.74) is 3.13. The van der Waals surface area contributed by atoms with E-state index in [0.717, 1.165) is 0 Å². The van der Waals surface area contributed by atoms with Crippen LogP contribution in [0.15, 0.2) is 5.16 Å². The summed E-state index contributed by atoms with van der Waals surface area (Å²) < 4.78 is 38.1. The van der Waals surface area contributed by atoms with E-state index in [2.05, 4.69) is 5.16 Å². The summed E-state index contributed by atoms with van der Waals surface area (Å²) in [5.74, 6) is -0.143. The predicted molar refractivity (Wildman–Crippen MR) is 50.0 cm³/mol. The van der Waals surface area contributed by atoms with Crippen molar-refractivity contribution < 1.29 is 23.5 Å². The van der Waals surface area contributed by atoms with Crippen LogP contribution in [0.4, 0.5) is 13.2 Å². The summed E-state index contributed by atoms with van der Waals surface area (Å²) in [6.45, 7) is -1.14. The number of halogens is 3. The maximum absolute atomic E-state index is 12.7. The highest BCUT2D eigenvalue weighted by Crippen LogP contribution is 2.44. The SMILES string of the molecule is NC(CN1CC[C@](CO)(C(F)(F)F)C1)=NO. The first-order chi connectivity index (χ1) is 7.34. The lowest BCUT2D eigenvalue weighted by molar-refractivity contribution is -0.230. The fourth-order valence-electron chi connectivity index (χ4n) is 1.80. The second-order valence-electron chi connectivity index (χ2n) is 3.99. The third-order valence-corrected chi connectivity index (χ3v) is 2.85. The average Bonchev–Trinajstić information content (AvgIpc) is 2.61. The van der Waals surface area contributed by atoms with Crippen molar-refractivity contribution in [3.8, 4) is 0 Å². The molecule has 0 amide bonds. The Morgan fingerprint density at radius 2 is 2.12 bits per heavy atom. The van der Waals surface area contributed by atoms with Crippen LogP contribution >= 0.6 is 0 Å². The molecule has 8 heteroatoms. The summed E-state index contributed by atoms with van der Waals surface area (Å²) in [5, 5.41) is 19.9. The number of amidine groups is 1. The predicted octanol–water partition coefficient (Wildman–Crippen LogP) is -0.0205. The van der Waals surface area contributed by atoms with Crippen molar-refractivity contribution in [2.45, 2.75) is 12.6 Å². The third-order valence-electron chi connectivity index (χ3n) is 2.85. The minimum Gasteiger partial charge on any atom is -0.409 e. The zero-order valence-corrected chi connectivity index (χ0v) is 8.54. The molecule has 1 aliphatic rings. The molecule has 4 N–H and O–H groups in total. The molecular formula is C8H14F3N3O2. The van der Waals surface area contributed by atoms with E-state index < -0.39 is 18.2 Å². The van der Waals surface area contributed by atoms with Gasteiger partial charge in [-0.3, -0.25) is 4.90 Å². The first kappa shape index (κ1) is 13.0. The maximum atomic E-state index is 12.7. The standard InChI is InChI=1S/C8H14F3N3O2/c9-8(10,11)7(5-15)1-2-14(4-7)3-6(12)13-16/h15-16H,1-5H2,(H2,12,13)/t7-/m0/s1. The second kappa shape index (κ2) is 4.46. The van der Waals surface area contributed by atoms with Gasteiger partial charge < -0.3 is 16.0 Å². The molecule has 1 fully saturated rings. The molecule has 1 aliphatic heterocycles. The first-order valence-electron chi connectivity index (χ1n) is 4.71. The Labute approximate surface area is 90.3 Å². The van der Waals surface area contributed by atoms with Crippen molar-refractivity contribution in [2.24, 2.45) is 16.3 Å². The Kier molecular flexibility index (Phi) is 3.64. The molecule has 0 radical (unpaired) electrons. The van der Waals surface area contributed by atoms with Gasteiger partial charge in [-0.05, 0) is 13.0 Å². The molecule has 1 atom stereocenters. The molecule has 1 heterocycles. The summed E-state index contributed by atoms with van der Waals surface area (Å²) >= 11 is 0. The van der Waals surface area contributed by atoms with E-state index in [1.54, 1.807) is 0 Å². The largest absolute Gasteiger partial charge is 0.409 e. The summed E-state index contributed by atoms with van der Waals surface area (Å²) in [7, 11) is 0. The summed E-state index contributed by atoms with van der Waals surface area (Å²) in [6.07, 6.45) is -4.62. The van der Waals surface area contributed by atoms with Crippen molar-refractivity contribution in [3.63, 3.8) is 0 Å². The fourth-order valence-corrected chi connectivity index (χ4v) is 1.80. The zero-order chi connectivity index (χ0) is 12.4. The van der Waals surface area contributed by atoms with Crippen LogP contribution in [0.5, 0.6) is 0 Å². The van der Waals surface area contributed by atoms with Crippen LogP contribution in [0, 0.1) is 5.41 Å². The molecule has 0 spiro atoms. The minimum absolute atomic E-state index is 0.0334. The van der Waals surface area contributed by atoms with Gasteiger partial charge in [-0.1, -0.05) is 5.16 Å².